The van der Waals surface area contributed by atoms with Crippen LogP contribution >= 0.6 is 0 Å². The van der Waals surface area contributed by atoms with E-state index in [2.05, 4.69) is 17.1 Å². The van der Waals surface area contributed by atoms with Crippen LogP contribution in [0.2, 0.25) is 0 Å². The number of nitrogens with one attached hydrogen (secondary N) is 1. The van der Waals surface area contributed by atoms with Gasteiger partial charge in [-0.25, -0.2) is 4.39 Å². The van der Waals surface area contributed by atoms with Crippen LogP contribution in [-0.2, 0) is 0 Å². The second-order valence-corrected chi connectivity index (χ2v) is 5.65. The monoisotopic (exact) mass is 248 g/mol. The summed E-state index contributed by atoms with van der Waals surface area (Å²) in [6, 6.07) is 8.71. The summed E-state index contributed by atoms with van der Waals surface area (Å²) in [6.07, 6.45) is 3.88. The molecule has 2 fully saturated rings. The van der Waals surface area contributed by atoms with Gasteiger partial charge >= 0.3 is 0 Å². The number of likely N-dealkylation sites (tertiary alicyclic amines) is 1. The van der Waals surface area contributed by atoms with Crippen LogP contribution in [0.5, 0.6) is 0 Å². The van der Waals surface area contributed by atoms with E-state index in [0.29, 0.717) is 12.1 Å². The van der Waals surface area contributed by atoms with Crippen LogP contribution < -0.4 is 5.32 Å². The third-order valence-corrected chi connectivity index (χ3v) is 4.45. The molecular formula is C15H21FN2. The van der Waals surface area contributed by atoms with E-state index in [1.54, 1.807) is 12.1 Å². The van der Waals surface area contributed by atoms with Crippen LogP contribution in [0.1, 0.15) is 37.8 Å². The summed E-state index contributed by atoms with van der Waals surface area (Å²) in [5.74, 6) is -0.150. The largest absolute Gasteiger partial charge is 0.310 e. The Kier molecular flexibility index (Phi) is 3.35. The fraction of sp³-hybridized carbons (Fsp3) is 0.600. The lowest BCUT2D eigenvalue weighted by Crippen LogP contribution is -2.36. The van der Waals surface area contributed by atoms with Crippen LogP contribution in [0.3, 0.4) is 0 Å². The molecule has 18 heavy (non-hydrogen) atoms. The number of hydrogen-bond donors (Lipinski definition) is 1. The van der Waals surface area contributed by atoms with Crippen molar-refractivity contribution in [2.24, 2.45) is 0 Å². The highest BCUT2D eigenvalue weighted by Crippen LogP contribution is 2.27. The van der Waals surface area contributed by atoms with Gasteiger partial charge in [-0.15, -0.1) is 0 Å². The fourth-order valence-electron chi connectivity index (χ4n) is 3.27. The molecule has 3 rings (SSSR count). The van der Waals surface area contributed by atoms with Crippen molar-refractivity contribution in [3.63, 3.8) is 0 Å². The molecule has 0 spiro atoms. The van der Waals surface area contributed by atoms with Gasteiger partial charge < -0.3 is 5.32 Å². The van der Waals surface area contributed by atoms with Crippen molar-refractivity contribution in [3.8, 4) is 0 Å². The van der Waals surface area contributed by atoms with E-state index >= 15 is 0 Å². The Morgan fingerprint density at radius 2 is 1.89 bits per heavy atom. The normalized spacial score (nSPS) is 30.1. The standard InChI is InChI=1S/C15H21FN2/c1-11(12-2-4-13(16)5-3-12)18-9-8-14-6-7-15(10-18)17-14/h2-5,11,14-15,17H,6-10H2,1H3. The maximum atomic E-state index is 13.0. The Bertz CT molecular complexity index is 403. The maximum absolute atomic E-state index is 13.0. The van der Waals surface area contributed by atoms with Crippen LogP contribution in [0.25, 0.3) is 0 Å². The Morgan fingerprint density at radius 3 is 2.67 bits per heavy atom. The number of fused-ring (bicyclic) bond motifs is 2. The summed E-state index contributed by atoms with van der Waals surface area (Å²) in [7, 11) is 0. The van der Waals surface area contributed by atoms with Crippen molar-refractivity contribution in [2.45, 2.75) is 44.3 Å². The van der Waals surface area contributed by atoms with Gasteiger partial charge in [-0.3, -0.25) is 4.90 Å². The van der Waals surface area contributed by atoms with E-state index in [0.717, 1.165) is 19.1 Å². The van der Waals surface area contributed by atoms with E-state index in [4.69, 9.17) is 0 Å². The molecule has 1 aromatic carbocycles. The van der Waals surface area contributed by atoms with Gasteiger partial charge in [-0.2, -0.15) is 0 Å². The van der Waals surface area contributed by atoms with Crippen LogP contribution in [0.15, 0.2) is 24.3 Å². The lowest BCUT2D eigenvalue weighted by molar-refractivity contribution is 0.200. The van der Waals surface area contributed by atoms with Crippen LogP contribution in [0.4, 0.5) is 4.39 Å². The van der Waals surface area contributed by atoms with Crippen molar-refractivity contribution in [1.82, 2.24) is 10.2 Å². The molecule has 3 heteroatoms. The molecule has 0 amide bonds. The van der Waals surface area contributed by atoms with Gasteiger partial charge in [0, 0.05) is 31.2 Å². The molecule has 2 aliphatic rings. The van der Waals surface area contributed by atoms with E-state index in [1.807, 2.05) is 12.1 Å². The maximum Gasteiger partial charge on any atom is 0.123 e. The lowest BCUT2D eigenvalue weighted by atomic mass is 10.0. The molecule has 0 radical (unpaired) electrons. The molecule has 1 aromatic rings. The highest BCUT2D eigenvalue weighted by Gasteiger charge is 2.31. The quantitative estimate of drug-likeness (QED) is 0.865. The Morgan fingerprint density at radius 1 is 1.17 bits per heavy atom. The Hall–Kier alpha value is -0.930. The number of rotatable bonds is 2. The lowest BCUT2D eigenvalue weighted by Gasteiger charge is -2.30. The zero-order chi connectivity index (χ0) is 12.5. The van der Waals surface area contributed by atoms with Crippen molar-refractivity contribution < 1.29 is 4.39 Å². The van der Waals surface area contributed by atoms with Crippen molar-refractivity contribution in [3.05, 3.63) is 35.6 Å². The Labute approximate surface area is 108 Å². The van der Waals surface area contributed by atoms with Gasteiger partial charge in [0.05, 0.1) is 0 Å². The molecule has 3 unspecified atom stereocenters. The van der Waals surface area contributed by atoms with Gasteiger partial charge in [-0.05, 0) is 43.9 Å². The van der Waals surface area contributed by atoms with E-state index in [1.165, 1.54) is 24.8 Å². The molecule has 3 atom stereocenters. The van der Waals surface area contributed by atoms with Crippen molar-refractivity contribution in [1.29, 1.82) is 0 Å². The van der Waals surface area contributed by atoms with Gasteiger partial charge in [-0.1, -0.05) is 12.1 Å². The summed E-state index contributed by atoms with van der Waals surface area (Å²) in [4.78, 5) is 2.53. The van der Waals surface area contributed by atoms with Gasteiger partial charge in [0.2, 0.25) is 0 Å². The predicted octanol–water partition coefficient (Wildman–Crippen LogP) is 2.71. The molecular weight excluding hydrogens is 227 g/mol. The fourth-order valence-corrected chi connectivity index (χ4v) is 3.27. The molecule has 98 valence electrons. The molecule has 2 aliphatic heterocycles. The molecule has 2 saturated heterocycles. The minimum absolute atomic E-state index is 0.150. The predicted molar refractivity (Wildman–Crippen MR) is 71.0 cm³/mol. The van der Waals surface area contributed by atoms with Gasteiger partial charge in [0.25, 0.3) is 0 Å². The number of hydrogen-bond acceptors (Lipinski definition) is 2. The summed E-state index contributed by atoms with van der Waals surface area (Å²) in [6.45, 7) is 4.49. The van der Waals surface area contributed by atoms with E-state index in [9.17, 15) is 4.39 Å². The van der Waals surface area contributed by atoms with Gasteiger partial charge in [0.1, 0.15) is 5.82 Å². The summed E-state index contributed by atoms with van der Waals surface area (Å²) < 4.78 is 13.0. The smallest absolute Gasteiger partial charge is 0.123 e. The molecule has 0 saturated carbocycles. The highest BCUT2D eigenvalue weighted by atomic mass is 19.1. The topological polar surface area (TPSA) is 15.3 Å². The minimum atomic E-state index is -0.150. The SMILES string of the molecule is CC(c1ccc(F)cc1)N1CCC2CCC(C1)N2. The molecule has 2 nitrogen and oxygen atoms in total. The molecule has 2 bridgehead atoms. The first-order valence-electron chi connectivity index (χ1n) is 6.98. The summed E-state index contributed by atoms with van der Waals surface area (Å²) >= 11 is 0. The highest BCUT2D eigenvalue weighted by molar-refractivity contribution is 5.19. The molecule has 1 N–H and O–H groups in total. The van der Waals surface area contributed by atoms with Crippen LogP contribution in [-0.4, -0.2) is 30.1 Å². The molecule has 0 aliphatic carbocycles. The first-order chi connectivity index (χ1) is 8.72. The average molecular weight is 248 g/mol. The third-order valence-electron chi connectivity index (χ3n) is 4.45. The molecule has 0 aromatic heterocycles. The number of halogens is 1. The van der Waals surface area contributed by atoms with Crippen molar-refractivity contribution >= 4 is 0 Å². The van der Waals surface area contributed by atoms with Gasteiger partial charge in [0.15, 0.2) is 0 Å². The van der Waals surface area contributed by atoms with E-state index < -0.39 is 0 Å². The third kappa shape index (κ3) is 2.43. The number of nitrogens with zero attached hydrogens (tertiary/aromatic N) is 1. The Balaban J connectivity index is 1.71. The summed E-state index contributed by atoms with van der Waals surface area (Å²) in [5.41, 5.74) is 1.22. The average Bonchev–Trinajstić information content (AvgIpc) is 2.69. The second kappa shape index (κ2) is 4.98. The minimum Gasteiger partial charge on any atom is -0.310 e. The zero-order valence-corrected chi connectivity index (χ0v) is 10.9. The first-order valence-corrected chi connectivity index (χ1v) is 6.98. The van der Waals surface area contributed by atoms with Crippen LogP contribution in [0, 0.1) is 5.82 Å². The van der Waals surface area contributed by atoms with Crippen molar-refractivity contribution in [2.75, 3.05) is 13.1 Å². The summed E-state index contributed by atoms with van der Waals surface area (Å²) in [5, 5.41) is 3.70. The first kappa shape index (κ1) is 12.1. The number of benzene rings is 1. The molecule has 2 heterocycles. The second-order valence-electron chi connectivity index (χ2n) is 5.65. The zero-order valence-electron chi connectivity index (χ0n) is 10.9. The van der Waals surface area contributed by atoms with E-state index in [-0.39, 0.29) is 5.82 Å².